The molecule has 0 saturated carbocycles. The number of hydrogen-bond donors (Lipinski definition) is 1. The van der Waals surface area contributed by atoms with Gasteiger partial charge in [-0.05, 0) is 43.7 Å². The molecule has 7 nitrogen and oxygen atoms in total. The maximum absolute atomic E-state index is 12.8. The van der Waals surface area contributed by atoms with Crippen molar-refractivity contribution in [3.63, 3.8) is 0 Å². The van der Waals surface area contributed by atoms with Crippen molar-refractivity contribution in [3.05, 3.63) is 93.6 Å². The number of fused-ring (bicyclic) bond motifs is 1. The van der Waals surface area contributed by atoms with Crippen molar-refractivity contribution in [3.8, 4) is 0 Å². The van der Waals surface area contributed by atoms with Crippen LogP contribution < -0.4 is 10.3 Å². The van der Waals surface area contributed by atoms with Gasteiger partial charge in [-0.2, -0.15) is 5.10 Å². The number of aromatic nitrogens is 2. The molecule has 8 heteroatoms. The highest BCUT2D eigenvalue weighted by atomic mass is 32.2. The van der Waals surface area contributed by atoms with Gasteiger partial charge in [0.15, 0.2) is 0 Å². The summed E-state index contributed by atoms with van der Waals surface area (Å²) in [5, 5.41) is 5.11. The van der Waals surface area contributed by atoms with Crippen LogP contribution >= 0.6 is 0 Å². The van der Waals surface area contributed by atoms with Crippen molar-refractivity contribution in [2.45, 2.75) is 31.8 Å². The number of benzene rings is 2. The van der Waals surface area contributed by atoms with Gasteiger partial charge in [0.25, 0.3) is 0 Å². The lowest BCUT2D eigenvalue weighted by molar-refractivity contribution is 0.560. The zero-order valence-electron chi connectivity index (χ0n) is 16.6. The van der Waals surface area contributed by atoms with Crippen LogP contribution in [0, 0.1) is 13.8 Å². The van der Waals surface area contributed by atoms with Crippen LogP contribution in [0.5, 0.6) is 0 Å². The van der Waals surface area contributed by atoms with Crippen LogP contribution in [0.3, 0.4) is 0 Å². The fraction of sp³-hybridized carbons (Fsp3) is 0.182. The summed E-state index contributed by atoms with van der Waals surface area (Å²) in [5.41, 5.74) is 3.54. The monoisotopic (exact) mass is 423 g/mol. The first-order chi connectivity index (χ1) is 14.3. The Labute approximate surface area is 174 Å². The van der Waals surface area contributed by atoms with Gasteiger partial charge in [-0.3, -0.25) is 4.68 Å². The first-order valence-electron chi connectivity index (χ1n) is 9.44. The second-order valence-corrected chi connectivity index (χ2v) is 8.84. The molecule has 0 unspecified atom stereocenters. The highest BCUT2D eigenvalue weighted by molar-refractivity contribution is 7.89. The van der Waals surface area contributed by atoms with E-state index in [4.69, 9.17) is 4.42 Å². The number of aryl methyl sites for hydroxylation is 1. The molecule has 154 valence electrons. The van der Waals surface area contributed by atoms with E-state index in [0.717, 1.165) is 22.5 Å². The van der Waals surface area contributed by atoms with E-state index in [1.54, 1.807) is 6.07 Å². The number of sulfonamides is 1. The van der Waals surface area contributed by atoms with Gasteiger partial charge in [0.05, 0.1) is 17.1 Å². The van der Waals surface area contributed by atoms with Crippen LogP contribution in [0.15, 0.2) is 74.8 Å². The van der Waals surface area contributed by atoms with Gasteiger partial charge >= 0.3 is 5.63 Å². The summed E-state index contributed by atoms with van der Waals surface area (Å²) in [6, 6.07) is 17.2. The van der Waals surface area contributed by atoms with Gasteiger partial charge < -0.3 is 4.42 Å². The summed E-state index contributed by atoms with van der Waals surface area (Å²) in [6.45, 7) is 4.56. The van der Waals surface area contributed by atoms with Gasteiger partial charge in [0, 0.05) is 29.3 Å². The Morgan fingerprint density at radius 2 is 1.80 bits per heavy atom. The molecule has 4 rings (SSSR count). The third-order valence-electron chi connectivity index (χ3n) is 5.05. The van der Waals surface area contributed by atoms with E-state index in [9.17, 15) is 13.2 Å². The highest BCUT2D eigenvalue weighted by Gasteiger charge is 2.18. The molecule has 0 aliphatic carbocycles. The lowest BCUT2D eigenvalue weighted by atomic mass is 10.2. The summed E-state index contributed by atoms with van der Waals surface area (Å²) >= 11 is 0. The topological polar surface area (TPSA) is 94.2 Å². The summed E-state index contributed by atoms with van der Waals surface area (Å²) in [7, 11) is -3.75. The van der Waals surface area contributed by atoms with E-state index in [-0.39, 0.29) is 11.4 Å². The molecule has 0 fully saturated rings. The molecular formula is C22H21N3O4S. The van der Waals surface area contributed by atoms with Crippen molar-refractivity contribution >= 4 is 21.0 Å². The van der Waals surface area contributed by atoms with E-state index in [1.165, 1.54) is 24.3 Å². The van der Waals surface area contributed by atoms with E-state index in [1.807, 2.05) is 48.9 Å². The Bertz CT molecular complexity index is 1370. The molecule has 0 spiro atoms. The lowest BCUT2D eigenvalue weighted by Crippen LogP contribution is -2.24. The summed E-state index contributed by atoms with van der Waals surface area (Å²) in [4.78, 5) is 11.4. The third kappa shape index (κ3) is 4.05. The van der Waals surface area contributed by atoms with Gasteiger partial charge in [0.1, 0.15) is 5.58 Å². The fourth-order valence-corrected chi connectivity index (χ4v) is 4.40. The fourth-order valence-electron chi connectivity index (χ4n) is 3.37. The zero-order valence-corrected chi connectivity index (χ0v) is 17.4. The molecule has 0 bridgehead atoms. The van der Waals surface area contributed by atoms with Crippen molar-refractivity contribution in [2.75, 3.05) is 0 Å². The predicted molar refractivity (Wildman–Crippen MR) is 114 cm³/mol. The zero-order chi connectivity index (χ0) is 21.3. The van der Waals surface area contributed by atoms with Crippen LogP contribution in [-0.4, -0.2) is 18.2 Å². The van der Waals surface area contributed by atoms with Crippen molar-refractivity contribution in [1.29, 1.82) is 0 Å². The number of nitrogens with zero attached hydrogens (tertiary/aromatic N) is 2. The molecule has 0 saturated heterocycles. The minimum atomic E-state index is -3.75. The maximum atomic E-state index is 12.8. The van der Waals surface area contributed by atoms with E-state index < -0.39 is 15.6 Å². The van der Waals surface area contributed by atoms with Crippen LogP contribution in [0.2, 0.25) is 0 Å². The van der Waals surface area contributed by atoms with Crippen LogP contribution in [0.4, 0.5) is 0 Å². The van der Waals surface area contributed by atoms with Crippen molar-refractivity contribution in [2.24, 2.45) is 0 Å². The molecule has 0 aliphatic rings. The quantitative estimate of drug-likeness (QED) is 0.481. The molecule has 4 aromatic rings. The van der Waals surface area contributed by atoms with E-state index >= 15 is 0 Å². The first kappa shape index (κ1) is 20.1. The molecular weight excluding hydrogens is 402 g/mol. The molecule has 2 aromatic heterocycles. The van der Waals surface area contributed by atoms with Crippen LogP contribution in [0.1, 0.15) is 22.5 Å². The Morgan fingerprint density at radius 3 is 2.57 bits per heavy atom. The number of rotatable bonds is 6. The third-order valence-corrected chi connectivity index (χ3v) is 6.45. The second-order valence-electron chi connectivity index (χ2n) is 7.07. The van der Waals surface area contributed by atoms with Gasteiger partial charge in [0.2, 0.25) is 10.0 Å². The minimum Gasteiger partial charge on any atom is -0.423 e. The van der Waals surface area contributed by atoms with Gasteiger partial charge in [-0.25, -0.2) is 17.9 Å². The average Bonchev–Trinajstić information content (AvgIpc) is 2.99. The second kappa shape index (κ2) is 7.89. The Balaban J connectivity index is 1.55. The standard InChI is InChI=1S/C22H21N3O4S/c1-15-20(16(2)25(24-15)14-17-6-4-3-5-7-17)13-23-30(27,28)19-9-10-21-18(12-19)8-11-22(26)29-21/h3-12,23H,13-14H2,1-2H3. The smallest absolute Gasteiger partial charge is 0.336 e. The summed E-state index contributed by atoms with van der Waals surface area (Å²) in [6.07, 6.45) is 0. The minimum absolute atomic E-state index is 0.107. The molecule has 0 atom stereocenters. The first-order valence-corrected chi connectivity index (χ1v) is 10.9. The largest absolute Gasteiger partial charge is 0.423 e. The average molecular weight is 423 g/mol. The molecule has 2 heterocycles. The number of hydrogen-bond acceptors (Lipinski definition) is 5. The van der Waals surface area contributed by atoms with Crippen LogP contribution in [-0.2, 0) is 23.1 Å². The summed E-state index contributed by atoms with van der Waals surface area (Å²) < 4.78 is 35.2. The number of nitrogens with one attached hydrogen (secondary N) is 1. The predicted octanol–water partition coefficient (Wildman–Crippen LogP) is 3.13. The van der Waals surface area contributed by atoms with E-state index in [0.29, 0.717) is 17.5 Å². The Kier molecular flexibility index (Phi) is 5.27. The molecule has 0 radical (unpaired) electrons. The van der Waals surface area contributed by atoms with Crippen molar-refractivity contribution in [1.82, 2.24) is 14.5 Å². The molecule has 30 heavy (non-hydrogen) atoms. The Hall–Kier alpha value is -3.23. The van der Waals surface area contributed by atoms with E-state index in [2.05, 4.69) is 9.82 Å². The maximum Gasteiger partial charge on any atom is 0.336 e. The van der Waals surface area contributed by atoms with Gasteiger partial charge in [-0.15, -0.1) is 0 Å². The summed E-state index contributed by atoms with van der Waals surface area (Å²) in [5.74, 6) is 0. The Morgan fingerprint density at radius 1 is 1.03 bits per heavy atom. The molecule has 0 aliphatic heterocycles. The normalized spacial score (nSPS) is 11.8. The molecule has 0 amide bonds. The van der Waals surface area contributed by atoms with Crippen LogP contribution in [0.25, 0.3) is 11.0 Å². The van der Waals surface area contributed by atoms with Crippen molar-refractivity contribution < 1.29 is 12.8 Å². The molecule has 1 N–H and O–H groups in total. The lowest BCUT2D eigenvalue weighted by Gasteiger charge is -2.09. The SMILES string of the molecule is Cc1nn(Cc2ccccc2)c(C)c1CNS(=O)(=O)c1ccc2oc(=O)ccc2c1. The van der Waals surface area contributed by atoms with Gasteiger partial charge in [-0.1, -0.05) is 30.3 Å². The highest BCUT2D eigenvalue weighted by Crippen LogP contribution is 2.19. The molecule has 2 aromatic carbocycles.